The van der Waals surface area contributed by atoms with Gasteiger partial charge in [0.05, 0.1) is 24.8 Å². The van der Waals surface area contributed by atoms with Crippen molar-refractivity contribution in [3.05, 3.63) is 27.6 Å². The second-order valence-corrected chi connectivity index (χ2v) is 9.08. The van der Waals surface area contributed by atoms with Gasteiger partial charge in [-0.15, -0.1) is 17.5 Å². The van der Waals surface area contributed by atoms with Crippen molar-refractivity contribution in [1.29, 1.82) is 0 Å². The maximum absolute atomic E-state index is 13.3. The Labute approximate surface area is 203 Å². The number of nitrogens with two attached hydrogens (primary N) is 1. The lowest BCUT2D eigenvalue weighted by Gasteiger charge is -2.32. The highest BCUT2D eigenvalue weighted by Crippen LogP contribution is 2.26. The Morgan fingerprint density at radius 2 is 2.06 bits per heavy atom. The lowest BCUT2D eigenvalue weighted by Crippen LogP contribution is -2.46. The summed E-state index contributed by atoms with van der Waals surface area (Å²) in [6, 6.07) is -0.0480. The van der Waals surface area contributed by atoms with E-state index in [9.17, 15) is 19.5 Å². The average molecular weight is 495 g/mol. The second-order valence-electron chi connectivity index (χ2n) is 9.08. The summed E-state index contributed by atoms with van der Waals surface area (Å²) in [5.74, 6) is -1.35. The first kappa shape index (κ1) is 25.6. The van der Waals surface area contributed by atoms with Crippen LogP contribution < -0.4 is 16.6 Å². The lowest BCUT2D eigenvalue weighted by molar-refractivity contribution is -0.133. The summed E-state index contributed by atoms with van der Waals surface area (Å²) in [4.78, 5) is 40.5. The van der Waals surface area contributed by atoms with Crippen molar-refractivity contribution in [2.24, 2.45) is 5.92 Å². The predicted molar refractivity (Wildman–Crippen MR) is 129 cm³/mol. The highest BCUT2D eigenvalue weighted by molar-refractivity contribution is 5.97. The molecule has 186 valence electrons. The molecule has 0 radical (unpaired) electrons. The van der Waals surface area contributed by atoms with Crippen molar-refractivity contribution in [1.82, 2.24) is 24.4 Å². The molecule has 2 aromatic rings. The third-order valence-electron chi connectivity index (χ3n) is 5.79. The van der Waals surface area contributed by atoms with Crippen LogP contribution in [0, 0.1) is 5.92 Å². The number of amides is 2. The van der Waals surface area contributed by atoms with Gasteiger partial charge in [-0.3, -0.25) is 19.0 Å². The number of nitrogen functional groups attached to an aromatic ring is 1. The number of hydrogen-bond donors (Lipinski definition) is 3. The molecule has 0 bridgehead atoms. The normalized spacial score (nSPS) is 18.5. The third kappa shape index (κ3) is 4.90. The molecule has 1 aliphatic heterocycles. The number of rotatable bonds is 6. The van der Waals surface area contributed by atoms with Crippen molar-refractivity contribution in [3.63, 3.8) is 0 Å². The van der Waals surface area contributed by atoms with E-state index in [4.69, 9.17) is 10.5 Å². The quantitative estimate of drug-likeness (QED) is 0.508. The van der Waals surface area contributed by atoms with Crippen LogP contribution in [0.2, 0.25) is 0 Å². The van der Waals surface area contributed by atoms with Crippen LogP contribution in [0.1, 0.15) is 49.5 Å². The van der Waals surface area contributed by atoms with Gasteiger partial charge in [-0.2, -0.15) is 4.52 Å². The van der Waals surface area contributed by atoms with Crippen LogP contribution in [0.15, 0.2) is 10.9 Å². The van der Waals surface area contributed by atoms with Gasteiger partial charge in [-0.05, 0) is 31.8 Å². The van der Waals surface area contributed by atoms with Gasteiger partial charge < -0.3 is 25.8 Å². The zero-order valence-corrected chi connectivity index (χ0v) is 20.3. The largest absolute Gasteiger partial charge is 0.492 e. The molecule has 0 spiro atoms. The molecule has 0 aromatic carbocycles. The summed E-state index contributed by atoms with van der Waals surface area (Å²) in [7, 11) is 0. The van der Waals surface area contributed by atoms with Gasteiger partial charge in [0.15, 0.2) is 17.0 Å². The van der Waals surface area contributed by atoms with Gasteiger partial charge in [0, 0.05) is 25.2 Å². The Morgan fingerprint density at radius 3 is 2.68 bits per heavy atom. The number of halogens is 1. The average Bonchev–Trinajstić information content (AvgIpc) is 3.50. The fraction of sp³-hybridized carbons (Fsp3) is 0.545. The van der Waals surface area contributed by atoms with Crippen LogP contribution in [0.25, 0.3) is 11.7 Å². The standard InChI is InChI=1S/C22H30N6O5.ClH/c1-12(2)10-27-20-15(6-7-16(29)26-8-9-33-11-13(26)3)18(23)25-28(20)22(32)17(21(27)31)19(30)24-14-4-5-14;/h6-7,12-14,32H,4-5,8-11H2,1-3H3,(H2,23,25)(H,24,30);1H. The number of aromatic nitrogens is 3. The summed E-state index contributed by atoms with van der Waals surface area (Å²) >= 11 is 0. The fourth-order valence-electron chi connectivity index (χ4n) is 3.96. The van der Waals surface area contributed by atoms with E-state index in [0.29, 0.717) is 25.3 Å². The topological polar surface area (TPSA) is 144 Å². The predicted octanol–water partition coefficient (Wildman–Crippen LogP) is 1.01. The molecular formula is C22H31ClN6O5. The van der Waals surface area contributed by atoms with E-state index in [2.05, 4.69) is 10.4 Å². The van der Waals surface area contributed by atoms with Crippen molar-refractivity contribution >= 4 is 41.8 Å². The molecule has 1 atom stereocenters. The molecule has 1 aliphatic carbocycles. The summed E-state index contributed by atoms with van der Waals surface area (Å²) in [5, 5.41) is 17.7. The second kappa shape index (κ2) is 10.1. The molecule has 3 heterocycles. The number of nitrogens with one attached hydrogen (secondary N) is 1. The maximum Gasteiger partial charge on any atom is 0.270 e. The van der Waals surface area contributed by atoms with Crippen LogP contribution in [-0.4, -0.2) is 67.8 Å². The summed E-state index contributed by atoms with van der Waals surface area (Å²) < 4.78 is 7.86. The summed E-state index contributed by atoms with van der Waals surface area (Å²) in [5.41, 5.74) is 5.68. The number of carbonyl (C=O) groups excluding carboxylic acids is 2. The number of carbonyl (C=O) groups is 2. The third-order valence-corrected chi connectivity index (χ3v) is 5.79. The first-order valence-electron chi connectivity index (χ1n) is 11.2. The van der Waals surface area contributed by atoms with Gasteiger partial charge in [-0.1, -0.05) is 13.8 Å². The molecule has 4 N–H and O–H groups in total. The Hall–Kier alpha value is -3.05. The number of hydrogen-bond acceptors (Lipinski definition) is 7. The van der Waals surface area contributed by atoms with Crippen molar-refractivity contribution in [2.45, 2.75) is 52.2 Å². The highest BCUT2D eigenvalue weighted by Gasteiger charge is 2.30. The minimum absolute atomic E-state index is 0. The van der Waals surface area contributed by atoms with Crippen LogP contribution >= 0.6 is 12.4 Å². The summed E-state index contributed by atoms with van der Waals surface area (Å²) in [6.45, 7) is 7.44. The number of ether oxygens (including phenoxy) is 1. The highest BCUT2D eigenvalue weighted by atomic mass is 35.5. The molecule has 4 rings (SSSR count). The van der Waals surface area contributed by atoms with Crippen LogP contribution in [0.3, 0.4) is 0 Å². The van der Waals surface area contributed by atoms with Crippen LogP contribution in [-0.2, 0) is 16.1 Å². The van der Waals surface area contributed by atoms with E-state index >= 15 is 0 Å². The van der Waals surface area contributed by atoms with E-state index in [1.54, 1.807) is 4.90 Å². The van der Waals surface area contributed by atoms with Crippen molar-refractivity contribution in [2.75, 3.05) is 25.5 Å². The van der Waals surface area contributed by atoms with Crippen molar-refractivity contribution < 1.29 is 19.4 Å². The van der Waals surface area contributed by atoms with Gasteiger partial charge in [0.2, 0.25) is 11.8 Å². The van der Waals surface area contributed by atoms with E-state index in [-0.39, 0.29) is 59.9 Å². The molecule has 12 heteroatoms. The molecular weight excluding hydrogens is 464 g/mol. The molecule has 2 fully saturated rings. The first-order chi connectivity index (χ1) is 15.7. The zero-order chi connectivity index (χ0) is 23.9. The zero-order valence-electron chi connectivity index (χ0n) is 19.5. The monoisotopic (exact) mass is 494 g/mol. The number of morpholine rings is 1. The first-order valence-corrected chi connectivity index (χ1v) is 11.2. The minimum Gasteiger partial charge on any atom is -0.492 e. The molecule has 11 nitrogen and oxygen atoms in total. The van der Waals surface area contributed by atoms with Crippen molar-refractivity contribution in [3.8, 4) is 5.88 Å². The lowest BCUT2D eigenvalue weighted by atomic mass is 10.2. The van der Waals surface area contributed by atoms with Gasteiger partial charge in [-0.25, -0.2) is 0 Å². The Balaban J connectivity index is 0.00000324. The van der Waals surface area contributed by atoms with Crippen LogP contribution in [0.4, 0.5) is 5.82 Å². The molecule has 2 aromatic heterocycles. The Morgan fingerprint density at radius 1 is 1.35 bits per heavy atom. The Kier molecular flexibility index (Phi) is 7.57. The number of anilines is 1. The van der Waals surface area contributed by atoms with E-state index in [1.807, 2.05) is 20.8 Å². The number of aromatic hydroxyl groups is 1. The molecule has 2 aliphatic rings. The SMILES string of the molecule is CC(C)Cn1c(=O)c(C(=O)NC2CC2)c(O)n2nc(N)c(C=CC(=O)N3CCOCC3C)c12.Cl. The van der Waals surface area contributed by atoms with E-state index < -0.39 is 17.3 Å². The molecule has 2 amide bonds. The van der Waals surface area contributed by atoms with Gasteiger partial charge >= 0.3 is 0 Å². The van der Waals surface area contributed by atoms with Crippen LogP contribution in [0.5, 0.6) is 5.88 Å². The maximum atomic E-state index is 13.3. The number of fused-ring (bicyclic) bond motifs is 1. The smallest absolute Gasteiger partial charge is 0.270 e. The molecule has 1 unspecified atom stereocenters. The minimum atomic E-state index is -0.637. The molecule has 34 heavy (non-hydrogen) atoms. The van der Waals surface area contributed by atoms with Gasteiger partial charge in [0.25, 0.3) is 11.5 Å². The van der Waals surface area contributed by atoms with Gasteiger partial charge in [0.1, 0.15) is 0 Å². The fourth-order valence-corrected chi connectivity index (χ4v) is 3.96. The van der Waals surface area contributed by atoms with E-state index in [1.165, 1.54) is 16.7 Å². The van der Waals surface area contributed by atoms with E-state index in [0.717, 1.165) is 17.4 Å². The molecule has 1 saturated carbocycles. The summed E-state index contributed by atoms with van der Waals surface area (Å²) in [6.07, 6.45) is 4.56. The molecule has 1 saturated heterocycles. The Bertz CT molecular complexity index is 1180. The number of nitrogens with zero attached hydrogens (tertiary/aromatic N) is 4.